The Kier molecular flexibility index (Phi) is 4.11. The lowest BCUT2D eigenvalue weighted by molar-refractivity contribution is 0.327. The summed E-state index contributed by atoms with van der Waals surface area (Å²) < 4.78 is 0. The van der Waals surface area contributed by atoms with Crippen LogP contribution in [0.4, 0.5) is 5.69 Å². The van der Waals surface area contributed by atoms with E-state index in [0.29, 0.717) is 6.04 Å². The lowest BCUT2D eigenvalue weighted by Gasteiger charge is -2.30. The van der Waals surface area contributed by atoms with E-state index < -0.39 is 0 Å². The summed E-state index contributed by atoms with van der Waals surface area (Å²) in [5.74, 6) is 0.897. The van der Waals surface area contributed by atoms with Crippen LogP contribution in [0.5, 0.6) is 0 Å². The third-order valence-corrected chi connectivity index (χ3v) is 3.92. The van der Waals surface area contributed by atoms with E-state index in [9.17, 15) is 0 Å². The first-order valence-electron chi connectivity index (χ1n) is 6.30. The summed E-state index contributed by atoms with van der Waals surface area (Å²) in [5.41, 5.74) is 1.09. The van der Waals surface area contributed by atoms with Gasteiger partial charge < -0.3 is 5.32 Å². The van der Waals surface area contributed by atoms with Crippen molar-refractivity contribution in [1.29, 1.82) is 0 Å². The van der Waals surface area contributed by atoms with Crippen molar-refractivity contribution in [3.63, 3.8) is 0 Å². The molecule has 1 fully saturated rings. The number of nitrogens with one attached hydrogen (secondary N) is 1. The highest BCUT2D eigenvalue weighted by Gasteiger charge is 2.20. The summed E-state index contributed by atoms with van der Waals surface area (Å²) in [5, 5.41) is 4.42. The Morgan fingerprint density at radius 2 is 2.12 bits per heavy atom. The maximum Gasteiger partial charge on any atom is 0.0637 e. The molecule has 1 aliphatic carbocycles. The molecule has 2 unspecified atom stereocenters. The molecule has 1 aliphatic rings. The van der Waals surface area contributed by atoms with Gasteiger partial charge in [0.05, 0.1) is 10.7 Å². The van der Waals surface area contributed by atoms with Crippen LogP contribution in [0.2, 0.25) is 5.02 Å². The lowest BCUT2D eigenvalue weighted by Crippen LogP contribution is -2.27. The molecule has 0 aromatic heterocycles. The highest BCUT2D eigenvalue weighted by atomic mass is 35.5. The maximum absolute atomic E-state index is 6.15. The van der Waals surface area contributed by atoms with E-state index in [1.165, 1.54) is 32.1 Å². The van der Waals surface area contributed by atoms with Gasteiger partial charge in [-0.15, -0.1) is 0 Å². The van der Waals surface area contributed by atoms with E-state index in [2.05, 4.69) is 18.3 Å². The van der Waals surface area contributed by atoms with E-state index in [-0.39, 0.29) is 0 Å². The Bertz CT molecular complexity index is 337. The molecule has 1 aromatic carbocycles. The lowest BCUT2D eigenvalue weighted by atomic mass is 9.84. The highest BCUT2D eigenvalue weighted by Crippen LogP contribution is 2.30. The van der Waals surface area contributed by atoms with Crippen molar-refractivity contribution < 1.29 is 0 Å². The zero-order chi connectivity index (χ0) is 11.4. The number of hydrogen-bond acceptors (Lipinski definition) is 1. The summed E-state index contributed by atoms with van der Waals surface area (Å²) in [6.45, 7) is 2.29. The standard InChI is InChI=1S/C14H20ClN/c1-2-11-6-5-7-12(10-11)16-14-9-4-3-8-13(14)15/h3-4,8-9,11-12,16H,2,5-7,10H2,1H3. The van der Waals surface area contributed by atoms with Crippen molar-refractivity contribution in [2.24, 2.45) is 5.92 Å². The number of rotatable bonds is 3. The van der Waals surface area contributed by atoms with Crippen LogP contribution in [-0.4, -0.2) is 6.04 Å². The van der Waals surface area contributed by atoms with Gasteiger partial charge >= 0.3 is 0 Å². The zero-order valence-corrected chi connectivity index (χ0v) is 10.6. The van der Waals surface area contributed by atoms with Crippen molar-refractivity contribution in [2.75, 3.05) is 5.32 Å². The molecule has 1 nitrogen and oxygen atoms in total. The number of anilines is 1. The first-order valence-corrected chi connectivity index (χ1v) is 6.68. The van der Waals surface area contributed by atoms with Crippen LogP contribution in [0.15, 0.2) is 24.3 Å². The van der Waals surface area contributed by atoms with Gasteiger partial charge in [0.15, 0.2) is 0 Å². The van der Waals surface area contributed by atoms with Crippen molar-refractivity contribution in [1.82, 2.24) is 0 Å². The fourth-order valence-electron chi connectivity index (χ4n) is 2.59. The number of benzene rings is 1. The third kappa shape index (κ3) is 2.91. The summed E-state index contributed by atoms with van der Waals surface area (Å²) in [4.78, 5) is 0. The average Bonchev–Trinajstić information content (AvgIpc) is 2.32. The Hall–Kier alpha value is -0.690. The minimum atomic E-state index is 0.610. The molecule has 0 spiro atoms. The van der Waals surface area contributed by atoms with Crippen molar-refractivity contribution in [3.8, 4) is 0 Å². The fourth-order valence-corrected chi connectivity index (χ4v) is 2.78. The van der Waals surface area contributed by atoms with Gasteiger partial charge in [-0.3, -0.25) is 0 Å². The van der Waals surface area contributed by atoms with Gasteiger partial charge in [-0.05, 0) is 30.9 Å². The van der Waals surface area contributed by atoms with Crippen LogP contribution >= 0.6 is 11.6 Å². The summed E-state index contributed by atoms with van der Waals surface area (Å²) in [6.07, 6.45) is 6.63. The molecule has 1 saturated carbocycles. The van der Waals surface area contributed by atoms with Crippen molar-refractivity contribution in [3.05, 3.63) is 29.3 Å². The quantitative estimate of drug-likeness (QED) is 0.802. The maximum atomic E-state index is 6.15. The van der Waals surface area contributed by atoms with Crippen LogP contribution < -0.4 is 5.32 Å². The first-order chi connectivity index (χ1) is 7.79. The van der Waals surface area contributed by atoms with Gasteiger partial charge in [0.1, 0.15) is 0 Å². The summed E-state index contributed by atoms with van der Waals surface area (Å²) in [6, 6.07) is 8.64. The van der Waals surface area contributed by atoms with Crippen LogP contribution in [0.25, 0.3) is 0 Å². The average molecular weight is 238 g/mol. The smallest absolute Gasteiger partial charge is 0.0637 e. The van der Waals surface area contributed by atoms with E-state index in [1.807, 2.05) is 18.2 Å². The third-order valence-electron chi connectivity index (χ3n) is 3.59. The largest absolute Gasteiger partial charge is 0.381 e. The van der Waals surface area contributed by atoms with Gasteiger partial charge in [-0.25, -0.2) is 0 Å². The van der Waals surface area contributed by atoms with Gasteiger partial charge in [0, 0.05) is 6.04 Å². The second-order valence-corrected chi connectivity index (χ2v) is 5.17. The Morgan fingerprint density at radius 3 is 2.88 bits per heavy atom. The van der Waals surface area contributed by atoms with Crippen LogP contribution in [0.1, 0.15) is 39.0 Å². The molecule has 0 saturated heterocycles. The van der Waals surface area contributed by atoms with E-state index in [0.717, 1.165) is 16.6 Å². The van der Waals surface area contributed by atoms with Gasteiger partial charge in [-0.1, -0.05) is 49.9 Å². The molecule has 0 radical (unpaired) electrons. The van der Waals surface area contributed by atoms with Crippen LogP contribution in [0, 0.1) is 5.92 Å². The van der Waals surface area contributed by atoms with Gasteiger partial charge in [-0.2, -0.15) is 0 Å². The molecule has 1 N–H and O–H groups in total. The highest BCUT2D eigenvalue weighted by molar-refractivity contribution is 6.33. The Labute approximate surface area is 103 Å². The fraction of sp³-hybridized carbons (Fsp3) is 0.571. The molecular weight excluding hydrogens is 218 g/mol. The number of hydrogen-bond donors (Lipinski definition) is 1. The molecule has 0 amide bonds. The van der Waals surface area contributed by atoms with E-state index >= 15 is 0 Å². The molecule has 88 valence electrons. The molecule has 16 heavy (non-hydrogen) atoms. The van der Waals surface area contributed by atoms with Crippen LogP contribution in [0.3, 0.4) is 0 Å². The Morgan fingerprint density at radius 1 is 1.31 bits per heavy atom. The molecule has 2 heteroatoms. The molecule has 1 aromatic rings. The molecular formula is C14H20ClN. The molecule has 0 bridgehead atoms. The minimum Gasteiger partial charge on any atom is -0.381 e. The van der Waals surface area contributed by atoms with Gasteiger partial charge in [0.2, 0.25) is 0 Å². The summed E-state index contributed by atoms with van der Waals surface area (Å²) >= 11 is 6.15. The second-order valence-electron chi connectivity index (χ2n) is 4.76. The zero-order valence-electron chi connectivity index (χ0n) is 9.88. The minimum absolute atomic E-state index is 0.610. The van der Waals surface area contributed by atoms with Crippen molar-refractivity contribution >= 4 is 17.3 Å². The normalized spacial score (nSPS) is 25.4. The molecule has 2 atom stereocenters. The first kappa shape index (κ1) is 11.8. The number of halogens is 1. The van der Waals surface area contributed by atoms with E-state index in [1.54, 1.807) is 0 Å². The van der Waals surface area contributed by atoms with E-state index in [4.69, 9.17) is 11.6 Å². The second kappa shape index (κ2) is 5.58. The predicted molar refractivity (Wildman–Crippen MR) is 71.1 cm³/mol. The van der Waals surface area contributed by atoms with Gasteiger partial charge in [0.25, 0.3) is 0 Å². The van der Waals surface area contributed by atoms with Crippen LogP contribution in [-0.2, 0) is 0 Å². The van der Waals surface area contributed by atoms with Crippen molar-refractivity contribution in [2.45, 2.75) is 45.1 Å². The monoisotopic (exact) mass is 237 g/mol. The topological polar surface area (TPSA) is 12.0 Å². The summed E-state index contributed by atoms with van der Waals surface area (Å²) in [7, 11) is 0. The predicted octanol–water partition coefficient (Wildman–Crippen LogP) is 4.72. The molecule has 2 rings (SSSR count). The Balaban J connectivity index is 1.97. The SMILES string of the molecule is CCC1CCCC(Nc2ccccc2Cl)C1. The molecule has 0 aliphatic heterocycles. The molecule has 0 heterocycles. The number of para-hydroxylation sites is 1.